The van der Waals surface area contributed by atoms with Crippen LogP contribution in [-0.2, 0) is 14.2 Å². The van der Waals surface area contributed by atoms with Gasteiger partial charge in [0.25, 0.3) is 0 Å². The first-order chi connectivity index (χ1) is 12.7. The standard InChI is InChI=1S/C20H18O6/c21-19(13-4-2-1-3-5-13)25-15-8-6-14(7-9-15)20(22)26-17-12-24-16-10-11-23-18(16)17/h1-9,16-18H,10-12H2/t16-,17?,18+/m1/s1. The maximum atomic E-state index is 12.3. The van der Waals surface area contributed by atoms with Gasteiger partial charge in [-0.05, 0) is 42.8 Å². The van der Waals surface area contributed by atoms with Gasteiger partial charge in [0.15, 0.2) is 6.10 Å². The Morgan fingerprint density at radius 3 is 2.38 bits per heavy atom. The molecule has 0 aliphatic carbocycles. The minimum absolute atomic E-state index is 0.0209. The lowest BCUT2D eigenvalue weighted by atomic mass is 10.1. The van der Waals surface area contributed by atoms with Gasteiger partial charge >= 0.3 is 11.9 Å². The quantitative estimate of drug-likeness (QED) is 0.621. The van der Waals surface area contributed by atoms with Gasteiger partial charge in [-0.15, -0.1) is 0 Å². The third-order valence-corrected chi connectivity index (χ3v) is 4.49. The van der Waals surface area contributed by atoms with Crippen molar-refractivity contribution in [2.45, 2.75) is 24.7 Å². The maximum absolute atomic E-state index is 12.3. The van der Waals surface area contributed by atoms with Crippen LogP contribution in [0.25, 0.3) is 0 Å². The van der Waals surface area contributed by atoms with Crippen molar-refractivity contribution in [1.82, 2.24) is 0 Å². The fourth-order valence-corrected chi connectivity index (χ4v) is 3.14. The first-order valence-corrected chi connectivity index (χ1v) is 8.52. The summed E-state index contributed by atoms with van der Waals surface area (Å²) in [4.78, 5) is 24.3. The van der Waals surface area contributed by atoms with Crippen LogP contribution >= 0.6 is 0 Å². The van der Waals surface area contributed by atoms with E-state index in [1.807, 2.05) is 6.07 Å². The molecule has 0 N–H and O–H groups in total. The van der Waals surface area contributed by atoms with E-state index in [-0.39, 0.29) is 18.3 Å². The Morgan fingerprint density at radius 1 is 0.885 bits per heavy atom. The smallest absolute Gasteiger partial charge is 0.343 e. The largest absolute Gasteiger partial charge is 0.453 e. The van der Waals surface area contributed by atoms with E-state index in [4.69, 9.17) is 18.9 Å². The molecule has 1 unspecified atom stereocenters. The van der Waals surface area contributed by atoms with Crippen molar-refractivity contribution in [3.05, 3.63) is 65.7 Å². The minimum atomic E-state index is -0.451. The topological polar surface area (TPSA) is 71.1 Å². The van der Waals surface area contributed by atoms with Crippen LogP contribution in [0, 0.1) is 0 Å². The number of rotatable bonds is 4. The summed E-state index contributed by atoms with van der Waals surface area (Å²) >= 11 is 0. The number of carbonyl (C=O) groups excluding carboxylic acids is 2. The summed E-state index contributed by atoms with van der Waals surface area (Å²) in [5.74, 6) is -0.539. The SMILES string of the molecule is O=C(Oc1ccc(C(=O)OC2CO[C@@H]3CCO[C@H]23)cc1)c1ccccc1. The molecule has 2 aromatic carbocycles. The summed E-state index contributed by atoms with van der Waals surface area (Å²) in [6.45, 7) is 0.985. The summed E-state index contributed by atoms with van der Waals surface area (Å²) in [5, 5.41) is 0. The van der Waals surface area contributed by atoms with E-state index in [2.05, 4.69) is 0 Å². The van der Waals surface area contributed by atoms with Crippen molar-refractivity contribution in [2.75, 3.05) is 13.2 Å². The van der Waals surface area contributed by atoms with Gasteiger partial charge in [-0.2, -0.15) is 0 Å². The molecule has 2 aromatic rings. The van der Waals surface area contributed by atoms with Crippen molar-refractivity contribution in [2.24, 2.45) is 0 Å². The van der Waals surface area contributed by atoms with Gasteiger partial charge in [0.2, 0.25) is 0 Å². The molecule has 0 saturated carbocycles. The Morgan fingerprint density at radius 2 is 1.62 bits per heavy atom. The number of hydrogen-bond donors (Lipinski definition) is 0. The van der Waals surface area contributed by atoms with E-state index in [1.54, 1.807) is 48.5 Å². The molecule has 0 amide bonds. The average molecular weight is 354 g/mol. The lowest BCUT2D eigenvalue weighted by Gasteiger charge is -2.16. The molecule has 6 nitrogen and oxygen atoms in total. The highest BCUT2D eigenvalue weighted by molar-refractivity contribution is 5.92. The zero-order valence-corrected chi connectivity index (χ0v) is 14.0. The Labute approximate surface area is 150 Å². The Kier molecular flexibility index (Phi) is 4.69. The lowest BCUT2D eigenvalue weighted by Crippen LogP contribution is -2.32. The second kappa shape index (κ2) is 7.27. The molecule has 26 heavy (non-hydrogen) atoms. The summed E-state index contributed by atoms with van der Waals surface area (Å²) in [5.41, 5.74) is 0.842. The molecule has 2 aliphatic rings. The van der Waals surface area contributed by atoms with Crippen LogP contribution in [0.1, 0.15) is 27.1 Å². The summed E-state index contributed by atoms with van der Waals surface area (Å²) in [6.07, 6.45) is 0.295. The molecule has 4 rings (SSSR count). The van der Waals surface area contributed by atoms with Crippen LogP contribution in [0.5, 0.6) is 5.75 Å². The van der Waals surface area contributed by atoms with Crippen molar-refractivity contribution in [3.8, 4) is 5.75 Å². The van der Waals surface area contributed by atoms with Crippen LogP contribution in [0.15, 0.2) is 54.6 Å². The van der Waals surface area contributed by atoms with E-state index in [0.717, 1.165) is 6.42 Å². The highest BCUT2D eigenvalue weighted by Gasteiger charge is 2.44. The van der Waals surface area contributed by atoms with Crippen molar-refractivity contribution in [1.29, 1.82) is 0 Å². The van der Waals surface area contributed by atoms with Gasteiger partial charge in [0, 0.05) is 6.61 Å². The van der Waals surface area contributed by atoms with E-state index in [1.165, 1.54) is 0 Å². The first kappa shape index (κ1) is 16.8. The predicted octanol–water partition coefficient (Wildman–Crippen LogP) is 2.62. The molecule has 2 aliphatic heterocycles. The van der Waals surface area contributed by atoms with Crippen molar-refractivity contribution < 1.29 is 28.5 Å². The van der Waals surface area contributed by atoms with Crippen LogP contribution in [0.2, 0.25) is 0 Å². The number of esters is 2. The molecule has 2 saturated heterocycles. The van der Waals surface area contributed by atoms with E-state index >= 15 is 0 Å². The van der Waals surface area contributed by atoms with E-state index in [9.17, 15) is 9.59 Å². The van der Waals surface area contributed by atoms with Crippen LogP contribution in [0.3, 0.4) is 0 Å². The van der Waals surface area contributed by atoms with Gasteiger partial charge in [-0.25, -0.2) is 9.59 Å². The highest BCUT2D eigenvalue weighted by Crippen LogP contribution is 2.29. The molecular formula is C20H18O6. The molecule has 2 fully saturated rings. The van der Waals surface area contributed by atoms with Gasteiger partial charge in [0.1, 0.15) is 11.9 Å². The monoisotopic (exact) mass is 354 g/mol. The molecule has 3 atom stereocenters. The van der Waals surface area contributed by atoms with Crippen LogP contribution in [-0.4, -0.2) is 43.5 Å². The van der Waals surface area contributed by atoms with Crippen molar-refractivity contribution >= 4 is 11.9 Å². The zero-order valence-electron chi connectivity index (χ0n) is 14.0. The second-order valence-electron chi connectivity index (χ2n) is 6.22. The van der Waals surface area contributed by atoms with E-state index in [0.29, 0.717) is 30.1 Å². The molecule has 0 bridgehead atoms. The number of fused-ring (bicyclic) bond motifs is 1. The number of carbonyl (C=O) groups is 2. The molecule has 0 aromatic heterocycles. The van der Waals surface area contributed by atoms with Gasteiger partial charge in [-0.1, -0.05) is 18.2 Å². The number of benzene rings is 2. The Balaban J connectivity index is 1.36. The first-order valence-electron chi connectivity index (χ1n) is 8.52. The number of hydrogen-bond acceptors (Lipinski definition) is 6. The normalized spacial score (nSPS) is 24.1. The van der Waals surface area contributed by atoms with Crippen molar-refractivity contribution in [3.63, 3.8) is 0 Å². The Hall–Kier alpha value is -2.70. The maximum Gasteiger partial charge on any atom is 0.343 e. The van der Waals surface area contributed by atoms with Crippen LogP contribution < -0.4 is 4.74 Å². The van der Waals surface area contributed by atoms with Gasteiger partial charge in [0.05, 0.1) is 23.8 Å². The average Bonchev–Trinajstić information content (AvgIpc) is 3.28. The lowest BCUT2D eigenvalue weighted by molar-refractivity contribution is -0.0148. The summed E-state index contributed by atoms with van der Waals surface area (Å²) in [6, 6.07) is 15.0. The zero-order chi connectivity index (χ0) is 17.9. The Bertz CT molecular complexity index is 786. The number of ether oxygens (including phenoxy) is 4. The molecule has 6 heteroatoms. The summed E-state index contributed by atoms with van der Waals surface area (Å²) < 4.78 is 21.9. The summed E-state index contributed by atoms with van der Waals surface area (Å²) in [7, 11) is 0. The molecule has 2 heterocycles. The molecule has 0 radical (unpaired) electrons. The minimum Gasteiger partial charge on any atom is -0.453 e. The third-order valence-electron chi connectivity index (χ3n) is 4.49. The molecule has 134 valence electrons. The van der Waals surface area contributed by atoms with Crippen LogP contribution in [0.4, 0.5) is 0 Å². The van der Waals surface area contributed by atoms with Gasteiger partial charge < -0.3 is 18.9 Å². The highest BCUT2D eigenvalue weighted by atomic mass is 16.6. The van der Waals surface area contributed by atoms with Gasteiger partial charge in [-0.3, -0.25) is 0 Å². The molecule has 0 spiro atoms. The fraction of sp³-hybridized carbons (Fsp3) is 0.300. The predicted molar refractivity (Wildman–Crippen MR) is 91.1 cm³/mol. The second-order valence-corrected chi connectivity index (χ2v) is 6.22. The third kappa shape index (κ3) is 3.47. The van der Waals surface area contributed by atoms with E-state index < -0.39 is 11.9 Å². The molecular weight excluding hydrogens is 336 g/mol. The fourth-order valence-electron chi connectivity index (χ4n) is 3.14.